The van der Waals surface area contributed by atoms with Gasteiger partial charge < -0.3 is 19.7 Å². The Bertz CT molecular complexity index is 710. The zero-order valence-corrected chi connectivity index (χ0v) is 18.5. The van der Waals surface area contributed by atoms with Gasteiger partial charge in [0.1, 0.15) is 0 Å². The minimum absolute atomic E-state index is 0. The van der Waals surface area contributed by atoms with Crippen molar-refractivity contribution >= 4 is 29.9 Å². The van der Waals surface area contributed by atoms with Gasteiger partial charge in [0, 0.05) is 44.6 Å². The Morgan fingerprint density at radius 1 is 1.44 bits per heavy atom. The second kappa shape index (κ2) is 8.11. The number of benzene rings is 1. The first-order valence-corrected chi connectivity index (χ1v) is 9.47. The van der Waals surface area contributed by atoms with Crippen molar-refractivity contribution in [1.29, 1.82) is 0 Å². The summed E-state index contributed by atoms with van der Waals surface area (Å²) in [4.78, 5) is 6.52. The van der Waals surface area contributed by atoms with E-state index in [1.54, 1.807) is 6.07 Å². The van der Waals surface area contributed by atoms with Crippen molar-refractivity contribution in [3.05, 3.63) is 29.6 Å². The van der Waals surface area contributed by atoms with Gasteiger partial charge in [0.25, 0.3) is 0 Å². The second-order valence-corrected chi connectivity index (χ2v) is 7.82. The Balaban J connectivity index is 0.00000210. The Labute approximate surface area is 177 Å². The number of halogens is 2. The van der Waals surface area contributed by atoms with E-state index in [2.05, 4.69) is 15.2 Å². The number of methoxy groups -OCH3 is 1. The molecule has 1 aromatic rings. The van der Waals surface area contributed by atoms with Crippen LogP contribution < -0.4 is 10.1 Å². The van der Waals surface area contributed by atoms with Crippen molar-refractivity contribution in [2.75, 3.05) is 27.8 Å². The van der Waals surface area contributed by atoms with E-state index >= 15 is 0 Å². The first-order valence-electron chi connectivity index (χ1n) is 9.47. The summed E-state index contributed by atoms with van der Waals surface area (Å²) in [5.74, 6) is 1.40. The van der Waals surface area contributed by atoms with Crippen molar-refractivity contribution in [3.63, 3.8) is 0 Å². The lowest BCUT2D eigenvalue weighted by molar-refractivity contribution is -0.171. The summed E-state index contributed by atoms with van der Waals surface area (Å²) in [6, 6.07) is 5.53. The number of nitrogens with zero attached hydrogens (tertiary/aromatic N) is 2. The maximum Gasteiger partial charge on any atom is 0.193 e. The molecule has 0 radical (unpaired) electrons. The summed E-state index contributed by atoms with van der Waals surface area (Å²) in [6.07, 6.45) is 5.36. The van der Waals surface area contributed by atoms with E-state index < -0.39 is 0 Å². The number of hydrogen-bond donors (Lipinski definition) is 1. The van der Waals surface area contributed by atoms with E-state index in [-0.39, 0.29) is 35.5 Å². The van der Waals surface area contributed by atoms with Gasteiger partial charge >= 0.3 is 0 Å². The molecule has 1 aromatic carbocycles. The minimum Gasteiger partial charge on any atom is -0.494 e. The molecule has 3 unspecified atom stereocenters. The third-order valence-electron chi connectivity index (χ3n) is 6.53. The van der Waals surface area contributed by atoms with Crippen LogP contribution in [0.25, 0.3) is 0 Å². The predicted octanol–water partition coefficient (Wildman–Crippen LogP) is 3.42. The van der Waals surface area contributed by atoms with Crippen molar-refractivity contribution in [1.82, 2.24) is 10.2 Å². The monoisotopic (exact) mass is 489 g/mol. The maximum atomic E-state index is 14.0. The van der Waals surface area contributed by atoms with Crippen LogP contribution in [0.15, 0.2) is 23.2 Å². The fourth-order valence-corrected chi connectivity index (χ4v) is 5.10. The fraction of sp³-hybridized carbons (Fsp3) is 0.650. The number of hydrogen-bond acceptors (Lipinski definition) is 3. The Morgan fingerprint density at radius 3 is 2.81 bits per heavy atom. The number of rotatable bonds is 4. The van der Waals surface area contributed by atoms with Crippen LogP contribution in [0.5, 0.6) is 5.75 Å². The molecule has 1 spiro atoms. The van der Waals surface area contributed by atoms with Gasteiger partial charge in [0.15, 0.2) is 17.5 Å². The van der Waals surface area contributed by atoms with Gasteiger partial charge in [-0.05, 0) is 37.0 Å². The molecule has 1 N–H and O–H groups in total. The molecule has 1 aliphatic heterocycles. The quantitative estimate of drug-likeness (QED) is 0.400. The van der Waals surface area contributed by atoms with Crippen LogP contribution in [-0.2, 0) is 11.3 Å². The highest BCUT2D eigenvalue weighted by molar-refractivity contribution is 14.0. The molecule has 1 heterocycles. The van der Waals surface area contributed by atoms with E-state index in [4.69, 9.17) is 9.47 Å². The molecule has 3 fully saturated rings. The molecule has 3 atom stereocenters. The molecule has 0 bridgehead atoms. The number of nitrogens with one attached hydrogen (secondary N) is 1. The lowest BCUT2D eigenvalue weighted by Crippen LogP contribution is -2.72. The van der Waals surface area contributed by atoms with Crippen LogP contribution in [-0.4, -0.2) is 50.8 Å². The number of ether oxygens (including phenoxy) is 2. The van der Waals surface area contributed by atoms with Gasteiger partial charge in [0.05, 0.1) is 13.2 Å². The highest BCUT2D eigenvalue weighted by Gasteiger charge is 2.66. The van der Waals surface area contributed by atoms with E-state index in [0.29, 0.717) is 30.0 Å². The summed E-state index contributed by atoms with van der Waals surface area (Å²) >= 11 is 0. The van der Waals surface area contributed by atoms with Gasteiger partial charge in [-0.3, -0.25) is 4.99 Å². The van der Waals surface area contributed by atoms with Crippen molar-refractivity contribution in [2.45, 2.75) is 44.4 Å². The van der Waals surface area contributed by atoms with E-state index in [1.807, 2.05) is 20.2 Å². The third-order valence-corrected chi connectivity index (χ3v) is 6.53. The smallest absolute Gasteiger partial charge is 0.193 e. The molecule has 7 heteroatoms. The fourth-order valence-electron chi connectivity index (χ4n) is 5.10. The highest BCUT2D eigenvalue weighted by Crippen LogP contribution is 2.62. The minimum atomic E-state index is -0.334. The summed E-state index contributed by atoms with van der Waals surface area (Å²) < 4.78 is 24.9. The van der Waals surface area contributed by atoms with Gasteiger partial charge in [0.2, 0.25) is 0 Å². The Hall–Kier alpha value is -1.09. The molecule has 0 aromatic heterocycles. The second-order valence-electron chi connectivity index (χ2n) is 7.82. The normalized spacial score (nSPS) is 27.9. The Morgan fingerprint density at radius 2 is 2.22 bits per heavy atom. The van der Waals surface area contributed by atoms with Crippen LogP contribution in [0, 0.1) is 17.2 Å². The molecule has 5 nitrogen and oxygen atoms in total. The summed E-state index contributed by atoms with van der Waals surface area (Å²) in [7, 11) is 5.28. The molecule has 2 saturated carbocycles. The topological polar surface area (TPSA) is 46.1 Å². The zero-order chi connectivity index (χ0) is 18.3. The predicted molar refractivity (Wildman–Crippen MR) is 114 cm³/mol. The SMILES string of the molecule is CN=C(NC1C2CCOC2C12CCC2)N(C)Cc1ccc(OC)c(F)c1.I. The molecule has 4 rings (SSSR count). The first kappa shape index (κ1) is 20.6. The van der Waals surface area contributed by atoms with Gasteiger partial charge in [-0.25, -0.2) is 4.39 Å². The average molecular weight is 489 g/mol. The molecule has 3 aliphatic rings. The number of guanidine groups is 1. The molecule has 2 aliphatic carbocycles. The molecule has 150 valence electrons. The average Bonchev–Trinajstić information content (AvgIpc) is 2.99. The van der Waals surface area contributed by atoms with E-state index in [1.165, 1.54) is 32.4 Å². The number of aliphatic imine (C=N–C) groups is 1. The summed E-state index contributed by atoms with van der Waals surface area (Å²) in [5.41, 5.74) is 1.20. The molecular weight excluding hydrogens is 460 g/mol. The largest absolute Gasteiger partial charge is 0.494 e. The van der Waals surface area contributed by atoms with Crippen LogP contribution in [0.4, 0.5) is 4.39 Å². The lowest BCUT2D eigenvalue weighted by atomic mass is 9.46. The summed E-state index contributed by atoms with van der Waals surface area (Å²) in [5, 5.41) is 3.70. The van der Waals surface area contributed by atoms with E-state index in [9.17, 15) is 4.39 Å². The van der Waals surface area contributed by atoms with Crippen LogP contribution in [0.1, 0.15) is 31.2 Å². The maximum absolute atomic E-state index is 14.0. The molecular formula is C20H29FIN3O2. The van der Waals surface area contributed by atoms with Crippen molar-refractivity contribution < 1.29 is 13.9 Å². The Kier molecular flexibility index (Phi) is 6.20. The molecule has 1 saturated heterocycles. The first-order chi connectivity index (χ1) is 12.6. The molecule has 0 amide bonds. The van der Waals surface area contributed by atoms with Crippen molar-refractivity contribution in [3.8, 4) is 5.75 Å². The van der Waals surface area contributed by atoms with Crippen LogP contribution >= 0.6 is 24.0 Å². The zero-order valence-electron chi connectivity index (χ0n) is 16.2. The number of fused-ring (bicyclic) bond motifs is 2. The standard InChI is InChI=1S/C20H28FN3O2.HI/c1-22-19(24(2)12-13-5-6-16(25-3)15(21)11-13)23-17-14-7-10-26-18(14)20(17)8-4-9-20;/h5-6,11,14,17-18H,4,7-10,12H2,1-3H3,(H,22,23);1H. The molecule has 27 heavy (non-hydrogen) atoms. The lowest BCUT2D eigenvalue weighted by Gasteiger charge is -2.63. The van der Waals surface area contributed by atoms with Gasteiger partial charge in [-0.1, -0.05) is 12.5 Å². The van der Waals surface area contributed by atoms with Crippen LogP contribution in [0.2, 0.25) is 0 Å². The van der Waals surface area contributed by atoms with Gasteiger partial charge in [-0.15, -0.1) is 24.0 Å². The van der Waals surface area contributed by atoms with Crippen molar-refractivity contribution in [2.24, 2.45) is 16.3 Å². The van der Waals surface area contributed by atoms with E-state index in [0.717, 1.165) is 24.6 Å². The highest BCUT2D eigenvalue weighted by atomic mass is 127. The van der Waals surface area contributed by atoms with Crippen LogP contribution in [0.3, 0.4) is 0 Å². The summed E-state index contributed by atoms with van der Waals surface area (Å²) in [6.45, 7) is 1.47. The van der Waals surface area contributed by atoms with Gasteiger partial charge in [-0.2, -0.15) is 0 Å². The third kappa shape index (κ3) is 3.41.